The van der Waals surface area contributed by atoms with E-state index in [1.54, 1.807) is 0 Å². The normalized spacial score (nSPS) is 24.8. The Kier molecular flexibility index (Phi) is 4.98. The van der Waals surface area contributed by atoms with Gasteiger partial charge in [-0.15, -0.1) is 0 Å². The number of benzene rings is 1. The lowest BCUT2D eigenvalue weighted by Crippen LogP contribution is -2.27. The Morgan fingerprint density at radius 2 is 2.12 bits per heavy atom. The molecule has 0 aromatic heterocycles. The molecule has 0 radical (unpaired) electrons. The van der Waals surface area contributed by atoms with Gasteiger partial charge in [-0.2, -0.15) is 0 Å². The maximum absolute atomic E-state index is 5.97. The molecular formula is C14H21NO2. The first kappa shape index (κ1) is 12.6. The lowest BCUT2D eigenvalue weighted by Gasteiger charge is -2.30. The van der Waals surface area contributed by atoms with Gasteiger partial charge in [0.25, 0.3) is 0 Å². The summed E-state index contributed by atoms with van der Waals surface area (Å²) < 4.78 is 11.6. The summed E-state index contributed by atoms with van der Waals surface area (Å²) in [7, 11) is 1.98. The molecule has 1 heterocycles. The first-order chi connectivity index (χ1) is 8.40. The van der Waals surface area contributed by atoms with E-state index in [-0.39, 0.29) is 6.29 Å². The quantitative estimate of drug-likeness (QED) is 0.795. The van der Waals surface area contributed by atoms with Gasteiger partial charge in [0.15, 0.2) is 6.29 Å². The molecule has 17 heavy (non-hydrogen) atoms. The molecule has 1 fully saturated rings. The van der Waals surface area contributed by atoms with E-state index in [4.69, 9.17) is 9.47 Å². The highest BCUT2D eigenvalue weighted by atomic mass is 16.7. The Balaban J connectivity index is 1.84. The van der Waals surface area contributed by atoms with Crippen LogP contribution in [0.2, 0.25) is 0 Å². The first-order valence-electron chi connectivity index (χ1n) is 6.37. The van der Waals surface area contributed by atoms with Crippen molar-refractivity contribution in [3.63, 3.8) is 0 Å². The summed E-state index contributed by atoms with van der Waals surface area (Å²) in [6, 6.07) is 10.2. The smallest absolute Gasteiger partial charge is 0.184 e. The standard InChI is InChI=1S/C14H21NO2/c1-15-10-5-8-13-9-11-16-14(17-13)12-6-3-2-4-7-12/h2-4,6-7,13-15H,5,8-11H2,1H3/t13-,14+/m1/s1. The summed E-state index contributed by atoms with van der Waals surface area (Å²) >= 11 is 0. The van der Waals surface area contributed by atoms with Gasteiger partial charge in [-0.3, -0.25) is 0 Å². The van der Waals surface area contributed by atoms with E-state index in [2.05, 4.69) is 17.4 Å². The topological polar surface area (TPSA) is 30.5 Å². The molecule has 0 spiro atoms. The number of hydrogen-bond donors (Lipinski definition) is 1. The summed E-state index contributed by atoms with van der Waals surface area (Å²) in [5, 5.41) is 3.16. The van der Waals surface area contributed by atoms with Gasteiger partial charge >= 0.3 is 0 Å². The van der Waals surface area contributed by atoms with Gasteiger partial charge in [-0.05, 0) is 32.9 Å². The third-order valence-corrected chi connectivity index (χ3v) is 3.05. The van der Waals surface area contributed by atoms with E-state index in [1.807, 2.05) is 25.2 Å². The molecule has 0 aliphatic carbocycles. The predicted octanol–water partition coefficient (Wildman–Crippen LogP) is 2.49. The van der Waals surface area contributed by atoms with Crippen LogP contribution >= 0.6 is 0 Å². The van der Waals surface area contributed by atoms with Gasteiger partial charge in [-0.25, -0.2) is 0 Å². The molecule has 1 saturated heterocycles. The molecule has 3 heteroatoms. The molecule has 1 aliphatic heterocycles. The Morgan fingerprint density at radius 3 is 2.88 bits per heavy atom. The first-order valence-corrected chi connectivity index (χ1v) is 6.37. The highest BCUT2D eigenvalue weighted by molar-refractivity contribution is 5.16. The monoisotopic (exact) mass is 235 g/mol. The minimum atomic E-state index is -0.176. The van der Waals surface area contributed by atoms with Gasteiger partial charge in [0.2, 0.25) is 0 Å². The van der Waals surface area contributed by atoms with Crippen LogP contribution in [0.25, 0.3) is 0 Å². The van der Waals surface area contributed by atoms with Crippen molar-refractivity contribution in [1.82, 2.24) is 5.32 Å². The maximum atomic E-state index is 5.97. The zero-order valence-corrected chi connectivity index (χ0v) is 10.4. The highest BCUT2D eigenvalue weighted by Gasteiger charge is 2.23. The SMILES string of the molecule is CNCCC[C@@H]1CCO[C@H](c2ccccc2)O1. The summed E-state index contributed by atoms with van der Waals surface area (Å²) in [5.41, 5.74) is 1.12. The number of nitrogens with one attached hydrogen (secondary N) is 1. The van der Waals surface area contributed by atoms with Crippen LogP contribution in [-0.2, 0) is 9.47 Å². The molecule has 1 N–H and O–H groups in total. The van der Waals surface area contributed by atoms with E-state index in [0.29, 0.717) is 6.10 Å². The van der Waals surface area contributed by atoms with Crippen LogP contribution in [0.15, 0.2) is 30.3 Å². The second kappa shape index (κ2) is 6.74. The lowest BCUT2D eigenvalue weighted by atomic mass is 10.1. The molecule has 0 bridgehead atoms. The lowest BCUT2D eigenvalue weighted by molar-refractivity contribution is -0.218. The van der Waals surface area contributed by atoms with Crippen molar-refractivity contribution in [2.45, 2.75) is 31.7 Å². The van der Waals surface area contributed by atoms with Crippen molar-refractivity contribution in [3.8, 4) is 0 Å². The highest BCUT2D eigenvalue weighted by Crippen LogP contribution is 2.27. The summed E-state index contributed by atoms with van der Waals surface area (Å²) in [5.74, 6) is 0. The Bertz CT molecular complexity index is 315. The minimum Gasteiger partial charge on any atom is -0.348 e. The average molecular weight is 235 g/mol. The number of rotatable bonds is 5. The summed E-state index contributed by atoms with van der Waals surface area (Å²) in [6.07, 6.45) is 3.43. The third-order valence-electron chi connectivity index (χ3n) is 3.05. The molecule has 0 unspecified atom stereocenters. The van der Waals surface area contributed by atoms with Crippen molar-refractivity contribution in [2.75, 3.05) is 20.2 Å². The molecule has 0 amide bonds. The zero-order chi connectivity index (χ0) is 11.9. The Morgan fingerprint density at radius 1 is 1.29 bits per heavy atom. The average Bonchev–Trinajstić information content (AvgIpc) is 2.41. The van der Waals surface area contributed by atoms with E-state index in [9.17, 15) is 0 Å². The second-order valence-corrected chi connectivity index (χ2v) is 4.41. The van der Waals surface area contributed by atoms with Crippen molar-refractivity contribution in [1.29, 1.82) is 0 Å². The fraction of sp³-hybridized carbons (Fsp3) is 0.571. The number of ether oxygens (including phenoxy) is 2. The van der Waals surface area contributed by atoms with Crippen LogP contribution < -0.4 is 5.32 Å². The Labute approximate surface area is 103 Å². The van der Waals surface area contributed by atoms with Crippen LogP contribution in [-0.4, -0.2) is 26.3 Å². The van der Waals surface area contributed by atoms with E-state index in [1.165, 1.54) is 0 Å². The van der Waals surface area contributed by atoms with Gasteiger partial charge in [0.05, 0.1) is 12.7 Å². The van der Waals surface area contributed by atoms with Crippen molar-refractivity contribution in [2.24, 2.45) is 0 Å². The fourth-order valence-electron chi connectivity index (χ4n) is 2.09. The maximum Gasteiger partial charge on any atom is 0.184 e. The minimum absolute atomic E-state index is 0.176. The molecule has 0 saturated carbocycles. The third kappa shape index (κ3) is 3.80. The van der Waals surface area contributed by atoms with Gasteiger partial charge in [0.1, 0.15) is 0 Å². The molecule has 1 aliphatic rings. The zero-order valence-electron chi connectivity index (χ0n) is 10.4. The molecule has 1 aromatic carbocycles. The Hall–Kier alpha value is -0.900. The van der Waals surface area contributed by atoms with Crippen LogP contribution in [0.4, 0.5) is 0 Å². The molecule has 2 atom stereocenters. The van der Waals surface area contributed by atoms with Crippen LogP contribution in [0.5, 0.6) is 0 Å². The summed E-state index contributed by atoms with van der Waals surface area (Å²) in [6.45, 7) is 1.85. The molecule has 1 aromatic rings. The second-order valence-electron chi connectivity index (χ2n) is 4.41. The van der Waals surface area contributed by atoms with Crippen molar-refractivity contribution < 1.29 is 9.47 Å². The van der Waals surface area contributed by atoms with Crippen LogP contribution in [0.1, 0.15) is 31.1 Å². The van der Waals surface area contributed by atoms with Crippen molar-refractivity contribution in [3.05, 3.63) is 35.9 Å². The van der Waals surface area contributed by atoms with Crippen molar-refractivity contribution >= 4 is 0 Å². The van der Waals surface area contributed by atoms with E-state index >= 15 is 0 Å². The largest absolute Gasteiger partial charge is 0.348 e. The fourth-order valence-corrected chi connectivity index (χ4v) is 2.09. The summed E-state index contributed by atoms with van der Waals surface area (Å²) in [4.78, 5) is 0. The van der Waals surface area contributed by atoms with Gasteiger partial charge < -0.3 is 14.8 Å². The molecule has 2 rings (SSSR count). The van der Waals surface area contributed by atoms with Gasteiger partial charge in [-0.1, -0.05) is 30.3 Å². The molecule has 94 valence electrons. The molecule has 3 nitrogen and oxygen atoms in total. The van der Waals surface area contributed by atoms with Crippen LogP contribution in [0, 0.1) is 0 Å². The van der Waals surface area contributed by atoms with E-state index < -0.39 is 0 Å². The molecular weight excluding hydrogens is 214 g/mol. The predicted molar refractivity (Wildman–Crippen MR) is 67.8 cm³/mol. The van der Waals surface area contributed by atoms with E-state index in [0.717, 1.165) is 38.0 Å². The van der Waals surface area contributed by atoms with Gasteiger partial charge in [0, 0.05) is 5.56 Å². The van der Waals surface area contributed by atoms with Crippen LogP contribution in [0.3, 0.4) is 0 Å². The number of hydrogen-bond acceptors (Lipinski definition) is 3.